The lowest BCUT2D eigenvalue weighted by atomic mass is 10.0. The van der Waals surface area contributed by atoms with E-state index in [0.717, 1.165) is 5.56 Å². The van der Waals surface area contributed by atoms with Crippen LogP contribution in [0.3, 0.4) is 0 Å². The molecule has 0 fully saturated rings. The van der Waals surface area contributed by atoms with Crippen molar-refractivity contribution in [1.82, 2.24) is 14.7 Å². The van der Waals surface area contributed by atoms with Crippen molar-refractivity contribution in [2.45, 2.75) is 17.4 Å². The number of ether oxygens (including phenoxy) is 1. The average molecular weight is 373 g/mol. The summed E-state index contributed by atoms with van der Waals surface area (Å²) in [5, 5.41) is 0. The van der Waals surface area contributed by atoms with Crippen molar-refractivity contribution in [3.8, 4) is 5.75 Å². The highest BCUT2D eigenvalue weighted by Gasteiger charge is 2.26. The molecule has 2 aromatic carbocycles. The van der Waals surface area contributed by atoms with E-state index in [0.29, 0.717) is 24.3 Å². The summed E-state index contributed by atoms with van der Waals surface area (Å²) in [5.74, 6) is 0.659. The maximum atomic E-state index is 12.8. The highest BCUT2D eigenvalue weighted by atomic mass is 32.2. The molecule has 9 heteroatoms. The van der Waals surface area contributed by atoms with Crippen molar-refractivity contribution < 1.29 is 13.2 Å². The number of aromatic nitrogens is 2. The molecule has 0 bridgehead atoms. The van der Waals surface area contributed by atoms with E-state index in [-0.39, 0.29) is 10.4 Å². The van der Waals surface area contributed by atoms with Gasteiger partial charge in [0.1, 0.15) is 5.75 Å². The lowest BCUT2D eigenvalue weighted by molar-refractivity contribution is 0.263. The summed E-state index contributed by atoms with van der Waals surface area (Å²) in [6.07, 6.45) is 0.508. The van der Waals surface area contributed by atoms with Crippen LogP contribution >= 0.6 is 0 Å². The molecule has 1 aromatic heterocycles. The number of fused-ring (bicyclic) bond motifs is 2. The summed E-state index contributed by atoms with van der Waals surface area (Å²) >= 11 is 0. The van der Waals surface area contributed by atoms with Gasteiger partial charge in [0.05, 0.1) is 28.6 Å². The molecule has 0 saturated heterocycles. The molecule has 1 atom stereocenters. The van der Waals surface area contributed by atoms with E-state index < -0.39 is 27.2 Å². The number of para-hydroxylation sites is 1. The van der Waals surface area contributed by atoms with Gasteiger partial charge in [-0.15, -0.1) is 0 Å². The normalized spacial score (nSPS) is 16.8. The number of hydrogen-bond acceptors (Lipinski definition) is 5. The fourth-order valence-corrected chi connectivity index (χ4v) is 4.26. The van der Waals surface area contributed by atoms with Crippen LogP contribution in [0.15, 0.2) is 56.9 Å². The van der Waals surface area contributed by atoms with Crippen molar-refractivity contribution >= 4 is 21.1 Å². The number of H-pyrrole nitrogens is 2. The van der Waals surface area contributed by atoms with Crippen molar-refractivity contribution in [2.75, 3.05) is 6.61 Å². The maximum absolute atomic E-state index is 12.8. The van der Waals surface area contributed by atoms with Gasteiger partial charge in [0.2, 0.25) is 10.0 Å². The Bertz CT molecular complexity index is 1210. The van der Waals surface area contributed by atoms with E-state index in [1.165, 1.54) is 18.2 Å². The fourth-order valence-electron chi connectivity index (χ4n) is 2.98. The standard InChI is InChI=1S/C17H15N3O5S/c21-16-17(22)19-14-9-10(5-6-13(14)18-16)26(23,24)20-12-7-8-25-15-4-2-1-3-11(12)15/h1-6,9,12,20H,7-8H2,(H,18,21)(H,19,22)/t12-/m0/s1. The van der Waals surface area contributed by atoms with Crippen molar-refractivity contribution in [3.05, 3.63) is 68.7 Å². The van der Waals surface area contributed by atoms with E-state index >= 15 is 0 Å². The molecule has 1 aliphatic heterocycles. The van der Waals surface area contributed by atoms with Crippen LogP contribution in [0, 0.1) is 0 Å². The Hall–Kier alpha value is -2.91. The van der Waals surface area contributed by atoms with Gasteiger partial charge in [-0.1, -0.05) is 18.2 Å². The van der Waals surface area contributed by atoms with Gasteiger partial charge in [-0.2, -0.15) is 0 Å². The summed E-state index contributed by atoms with van der Waals surface area (Å²) < 4.78 is 33.8. The first-order valence-electron chi connectivity index (χ1n) is 7.94. The Morgan fingerprint density at radius 3 is 2.54 bits per heavy atom. The maximum Gasteiger partial charge on any atom is 0.314 e. The zero-order chi connectivity index (χ0) is 18.3. The molecule has 8 nitrogen and oxygen atoms in total. The van der Waals surface area contributed by atoms with Gasteiger partial charge >= 0.3 is 11.1 Å². The predicted molar refractivity (Wildman–Crippen MR) is 94.8 cm³/mol. The van der Waals surface area contributed by atoms with Crippen molar-refractivity contribution in [3.63, 3.8) is 0 Å². The number of hydrogen-bond donors (Lipinski definition) is 3. The molecule has 4 rings (SSSR count). The smallest absolute Gasteiger partial charge is 0.314 e. The fraction of sp³-hybridized carbons (Fsp3) is 0.176. The van der Waals surface area contributed by atoms with Gasteiger partial charge in [0.15, 0.2) is 0 Å². The van der Waals surface area contributed by atoms with Crippen LogP contribution in [-0.4, -0.2) is 25.0 Å². The predicted octanol–water partition coefficient (Wildman–Crippen LogP) is 1.02. The summed E-state index contributed by atoms with van der Waals surface area (Å²) in [5.41, 5.74) is -0.251. The topological polar surface area (TPSA) is 121 Å². The first-order valence-corrected chi connectivity index (χ1v) is 9.43. The zero-order valence-electron chi connectivity index (χ0n) is 13.5. The van der Waals surface area contributed by atoms with E-state index in [9.17, 15) is 18.0 Å². The molecule has 0 unspecified atom stereocenters. The van der Waals surface area contributed by atoms with Gasteiger partial charge in [-0.25, -0.2) is 13.1 Å². The molecule has 3 aromatic rings. The number of sulfonamides is 1. The quantitative estimate of drug-likeness (QED) is 0.592. The number of rotatable bonds is 3. The van der Waals surface area contributed by atoms with Crippen molar-refractivity contribution in [2.24, 2.45) is 0 Å². The summed E-state index contributed by atoms with van der Waals surface area (Å²) in [6, 6.07) is 11.0. The Morgan fingerprint density at radius 1 is 1.00 bits per heavy atom. The molecular formula is C17H15N3O5S. The molecule has 134 valence electrons. The van der Waals surface area contributed by atoms with E-state index in [1.807, 2.05) is 18.2 Å². The Labute approximate surface area is 147 Å². The third-order valence-electron chi connectivity index (χ3n) is 4.26. The molecule has 26 heavy (non-hydrogen) atoms. The molecular weight excluding hydrogens is 358 g/mol. The summed E-state index contributed by atoms with van der Waals surface area (Å²) in [4.78, 5) is 27.6. The van der Waals surface area contributed by atoms with E-state index in [1.54, 1.807) is 6.07 Å². The second-order valence-electron chi connectivity index (χ2n) is 5.96. The number of nitrogens with one attached hydrogen (secondary N) is 3. The average Bonchev–Trinajstić information content (AvgIpc) is 2.62. The van der Waals surface area contributed by atoms with E-state index in [2.05, 4.69) is 14.7 Å². The largest absolute Gasteiger partial charge is 0.493 e. The highest BCUT2D eigenvalue weighted by molar-refractivity contribution is 7.89. The minimum absolute atomic E-state index is 0.00308. The van der Waals surface area contributed by atoms with Crippen LogP contribution in [0.2, 0.25) is 0 Å². The SMILES string of the molecule is O=c1[nH]c2ccc(S(=O)(=O)N[C@H]3CCOc4ccccc43)cc2[nH]c1=O. The number of benzene rings is 2. The highest BCUT2D eigenvalue weighted by Crippen LogP contribution is 2.32. The molecule has 0 amide bonds. The van der Waals surface area contributed by atoms with Crippen LogP contribution in [0.5, 0.6) is 5.75 Å². The van der Waals surface area contributed by atoms with Crippen LogP contribution in [0.1, 0.15) is 18.0 Å². The zero-order valence-corrected chi connectivity index (χ0v) is 14.3. The van der Waals surface area contributed by atoms with Crippen LogP contribution in [-0.2, 0) is 10.0 Å². The van der Waals surface area contributed by atoms with Crippen LogP contribution in [0.25, 0.3) is 11.0 Å². The Kier molecular flexibility index (Phi) is 3.89. The number of aromatic amines is 2. The molecule has 0 saturated carbocycles. The van der Waals surface area contributed by atoms with Gasteiger partial charge in [0, 0.05) is 12.0 Å². The van der Waals surface area contributed by atoms with Crippen molar-refractivity contribution in [1.29, 1.82) is 0 Å². The van der Waals surface area contributed by atoms with Gasteiger partial charge in [0.25, 0.3) is 0 Å². The van der Waals surface area contributed by atoms with Gasteiger partial charge in [-0.05, 0) is 24.3 Å². The minimum atomic E-state index is -3.84. The van der Waals surface area contributed by atoms with Gasteiger partial charge in [-0.3, -0.25) is 9.59 Å². The minimum Gasteiger partial charge on any atom is -0.493 e. The first-order chi connectivity index (χ1) is 12.4. The third kappa shape index (κ3) is 2.91. The van der Waals surface area contributed by atoms with Gasteiger partial charge < -0.3 is 14.7 Å². The Morgan fingerprint density at radius 2 is 1.73 bits per heavy atom. The molecule has 1 aliphatic rings. The summed E-state index contributed by atoms with van der Waals surface area (Å²) in [7, 11) is -3.84. The lowest BCUT2D eigenvalue weighted by Crippen LogP contribution is -2.32. The summed E-state index contributed by atoms with van der Waals surface area (Å²) in [6.45, 7) is 0.413. The molecule has 0 spiro atoms. The Balaban J connectivity index is 1.71. The molecule has 3 N–H and O–H groups in total. The monoisotopic (exact) mass is 373 g/mol. The lowest BCUT2D eigenvalue weighted by Gasteiger charge is -2.26. The molecule has 0 radical (unpaired) electrons. The first kappa shape index (κ1) is 16.6. The molecule has 2 heterocycles. The second kappa shape index (κ2) is 6.11. The third-order valence-corrected chi connectivity index (χ3v) is 5.73. The molecule has 0 aliphatic carbocycles. The van der Waals surface area contributed by atoms with Crippen LogP contribution < -0.4 is 20.6 Å². The second-order valence-corrected chi connectivity index (χ2v) is 7.68. The van der Waals surface area contributed by atoms with E-state index in [4.69, 9.17) is 4.74 Å². The van der Waals surface area contributed by atoms with Crippen LogP contribution in [0.4, 0.5) is 0 Å².